The van der Waals surface area contributed by atoms with E-state index in [-0.39, 0.29) is 0 Å². The van der Waals surface area contributed by atoms with Gasteiger partial charge in [0, 0.05) is 17.6 Å². The molecular weight excluding hydrogens is 256 g/mol. The molecule has 0 spiro atoms. The van der Waals surface area contributed by atoms with Crippen molar-refractivity contribution in [3.63, 3.8) is 0 Å². The van der Waals surface area contributed by atoms with Gasteiger partial charge in [-0.2, -0.15) is 10.5 Å². The number of benzene rings is 1. The van der Waals surface area contributed by atoms with E-state index in [1.54, 1.807) is 18.2 Å². The summed E-state index contributed by atoms with van der Waals surface area (Å²) in [4.78, 5) is 3.01. The average molecular weight is 268 g/mol. The zero-order valence-electron chi connectivity index (χ0n) is 10.6. The van der Waals surface area contributed by atoms with Crippen molar-refractivity contribution < 1.29 is 0 Å². The molecule has 0 aliphatic rings. The molecule has 0 radical (unpaired) electrons. The van der Waals surface area contributed by atoms with E-state index in [0.29, 0.717) is 21.8 Å². The lowest BCUT2D eigenvalue weighted by atomic mass is 10.1. The lowest BCUT2D eigenvalue weighted by Gasteiger charge is -2.11. The minimum Gasteiger partial charge on any atom is -0.337 e. The molecule has 0 fully saturated rings. The van der Waals surface area contributed by atoms with Crippen LogP contribution < -0.4 is 0 Å². The van der Waals surface area contributed by atoms with Crippen molar-refractivity contribution in [3.8, 4) is 17.8 Å². The normalized spacial score (nSPS) is 10.2. The van der Waals surface area contributed by atoms with Crippen LogP contribution in [-0.2, 0) is 0 Å². The highest BCUT2D eigenvalue weighted by Gasteiger charge is 2.11. The van der Waals surface area contributed by atoms with Gasteiger partial charge in [-0.05, 0) is 36.3 Å². The van der Waals surface area contributed by atoms with Crippen LogP contribution in [0.1, 0.15) is 36.6 Å². The van der Waals surface area contributed by atoms with Crippen molar-refractivity contribution in [2.75, 3.05) is 0 Å². The minimum absolute atomic E-state index is 0.300. The molecule has 0 saturated heterocycles. The van der Waals surface area contributed by atoms with Crippen LogP contribution in [0.4, 0.5) is 0 Å². The minimum atomic E-state index is 0.300. The van der Waals surface area contributed by atoms with E-state index in [1.807, 2.05) is 22.9 Å². The van der Waals surface area contributed by atoms with Crippen LogP contribution in [0.15, 0.2) is 24.4 Å². The molecule has 1 heterocycles. The zero-order valence-corrected chi connectivity index (χ0v) is 11.5. The van der Waals surface area contributed by atoms with Gasteiger partial charge in [0.15, 0.2) is 4.77 Å². The van der Waals surface area contributed by atoms with Crippen molar-refractivity contribution in [1.29, 1.82) is 10.5 Å². The topological polar surface area (TPSA) is 68.3 Å². The van der Waals surface area contributed by atoms with Gasteiger partial charge in [-0.25, -0.2) is 0 Å². The Morgan fingerprint density at radius 1 is 1.21 bits per heavy atom. The quantitative estimate of drug-likeness (QED) is 0.849. The number of hydrogen-bond acceptors (Lipinski definition) is 3. The molecule has 0 atom stereocenters. The summed E-state index contributed by atoms with van der Waals surface area (Å²) in [5.74, 6) is 0.300. The molecule has 0 saturated carbocycles. The maximum absolute atomic E-state index is 9.08. The van der Waals surface area contributed by atoms with Crippen LogP contribution in [0.25, 0.3) is 5.69 Å². The fourth-order valence-electron chi connectivity index (χ4n) is 1.93. The molecule has 19 heavy (non-hydrogen) atoms. The lowest BCUT2D eigenvalue weighted by Crippen LogP contribution is -2.02. The summed E-state index contributed by atoms with van der Waals surface area (Å²) in [6.07, 6.45) is 1.87. The van der Waals surface area contributed by atoms with Crippen molar-refractivity contribution in [1.82, 2.24) is 9.55 Å². The monoisotopic (exact) mass is 268 g/mol. The summed E-state index contributed by atoms with van der Waals surface area (Å²) >= 11 is 5.27. The molecule has 5 heteroatoms. The van der Waals surface area contributed by atoms with Gasteiger partial charge in [-0.1, -0.05) is 13.8 Å². The Balaban J connectivity index is 2.68. The van der Waals surface area contributed by atoms with Gasteiger partial charge in [0.1, 0.15) is 12.1 Å². The van der Waals surface area contributed by atoms with Crippen LogP contribution in [0.3, 0.4) is 0 Å². The average Bonchev–Trinajstić information content (AvgIpc) is 2.80. The number of imidazole rings is 1. The fourth-order valence-corrected chi connectivity index (χ4v) is 2.20. The molecule has 94 valence electrons. The number of nitriles is 2. The summed E-state index contributed by atoms with van der Waals surface area (Å²) in [7, 11) is 0. The van der Waals surface area contributed by atoms with E-state index in [1.165, 1.54) is 0 Å². The number of nitrogens with one attached hydrogen (secondary N) is 1. The van der Waals surface area contributed by atoms with Crippen molar-refractivity contribution in [2.24, 2.45) is 0 Å². The molecular formula is C14H12N4S. The number of aromatic nitrogens is 2. The SMILES string of the molecule is CC(C)c1c[nH]c(=S)n1-c1ccc(C#N)c(C#N)c1. The highest BCUT2D eigenvalue weighted by Crippen LogP contribution is 2.21. The summed E-state index contributed by atoms with van der Waals surface area (Å²) in [6, 6.07) is 9.18. The number of rotatable bonds is 2. The standard InChI is InChI=1S/C14H12N4S/c1-9(2)13-8-17-14(19)18(13)12-4-3-10(6-15)11(5-12)7-16/h3-5,8-9H,1-2H3,(H,17,19). The third-order valence-corrected chi connectivity index (χ3v) is 3.20. The molecule has 0 amide bonds. The lowest BCUT2D eigenvalue weighted by molar-refractivity contribution is 0.783. The highest BCUT2D eigenvalue weighted by atomic mass is 32.1. The Hall–Kier alpha value is -2.37. The molecule has 4 nitrogen and oxygen atoms in total. The van der Waals surface area contributed by atoms with Crippen LogP contribution in [0, 0.1) is 27.4 Å². The summed E-state index contributed by atoms with van der Waals surface area (Å²) in [6.45, 7) is 4.15. The second-order valence-electron chi connectivity index (χ2n) is 4.46. The second kappa shape index (κ2) is 5.09. The highest BCUT2D eigenvalue weighted by molar-refractivity contribution is 7.71. The van der Waals surface area contributed by atoms with E-state index >= 15 is 0 Å². The Morgan fingerprint density at radius 2 is 1.89 bits per heavy atom. The molecule has 0 bridgehead atoms. The molecule has 2 aromatic rings. The Labute approximate surface area is 116 Å². The zero-order chi connectivity index (χ0) is 14.0. The van der Waals surface area contributed by atoms with Crippen molar-refractivity contribution in [3.05, 3.63) is 46.0 Å². The first-order valence-electron chi connectivity index (χ1n) is 5.83. The van der Waals surface area contributed by atoms with Gasteiger partial charge in [-0.15, -0.1) is 0 Å². The van der Waals surface area contributed by atoms with E-state index in [9.17, 15) is 0 Å². The van der Waals surface area contributed by atoms with Gasteiger partial charge in [0.2, 0.25) is 0 Å². The van der Waals surface area contributed by atoms with E-state index in [2.05, 4.69) is 18.8 Å². The number of hydrogen-bond donors (Lipinski definition) is 1. The Bertz CT molecular complexity index is 753. The first kappa shape index (κ1) is 13.1. The number of H-pyrrole nitrogens is 1. The van der Waals surface area contributed by atoms with E-state index in [4.69, 9.17) is 22.7 Å². The van der Waals surface area contributed by atoms with Gasteiger partial charge in [0.25, 0.3) is 0 Å². The Morgan fingerprint density at radius 3 is 2.47 bits per heavy atom. The summed E-state index contributed by atoms with van der Waals surface area (Å²) in [5.41, 5.74) is 2.57. The van der Waals surface area contributed by atoms with Gasteiger partial charge in [-0.3, -0.25) is 4.57 Å². The summed E-state index contributed by atoms with van der Waals surface area (Å²) in [5, 5.41) is 18.0. The van der Waals surface area contributed by atoms with Gasteiger partial charge >= 0.3 is 0 Å². The van der Waals surface area contributed by atoms with Crippen LogP contribution >= 0.6 is 12.2 Å². The predicted molar refractivity (Wildman–Crippen MR) is 74.5 cm³/mol. The number of nitrogens with zero attached hydrogens (tertiary/aromatic N) is 3. The van der Waals surface area contributed by atoms with Crippen molar-refractivity contribution in [2.45, 2.75) is 19.8 Å². The van der Waals surface area contributed by atoms with Crippen molar-refractivity contribution >= 4 is 12.2 Å². The van der Waals surface area contributed by atoms with Crippen LogP contribution in [-0.4, -0.2) is 9.55 Å². The third-order valence-electron chi connectivity index (χ3n) is 2.90. The van der Waals surface area contributed by atoms with E-state index in [0.717, 1.165) is 11.4 Å². The first-order valence-corrected chi connectivity index (χ1v) is 6.24. The molecule has 1 aromatic heterocycles. The fraction of sp³-hybridized carbons (Fsp3) is 0.214. The van der Waals surface area contributed by atoms with Crippen LogP contribution in [0.2, 0.25) is 0 Å². The smallest absolute Gasteiger partial charge is 0.182 e. The maximum atomic E-state index is 9.08. The largest absolute Gasteiger partial charge is 0.337 e. The third kappa shape index (κ3) is 2.29. The molecule has 1 aromatic carbocycles. The molecule has 0 aliphatic heterocycles. The van der Waals surface area contributed by atoms with Gasteiger partial charge < -0.3 is 4.98 Å². The van der Waals surface area contributed by atoms with Gasteiger partial charge in [0.05, 0.1) is 11.1 Å². The molecule has 0 unspecified atom stereocenters. The maximum Gasteiger partial charge on any atom is 0.182 e. The molecule has 2 rings (SSSR count). The molecule has 1 N–H and O–H groups in total. The van der Waals surface area contributed by atoms with E-state index < -0.39 is 0 Å². The number of aromatic amines is 1. The first-order chi connectivity index (χ1) is 9.08. The molecule has 0 aliphatic carbocycles. The Kier molecular flexibility index (Phi) is 3.50. The summed E-state index contributed by atoms with van der Waals surface area (Å²) < 4.78 is 2.47. The predicted octanol–water partition coefficient (Wildman–Crippen LogP) is 3.40. The van der Waals surface area contributed by atoms with Crippen LogP contribution in [0.5, 0.6) is 0 Å². The second-order valence-corrected chi connectivity index (χ2v) is 4.85.